The van der Waals surface area contributed by atoms with Crippen molar-refractivity contribution in [2.45, 2.75) is 13.1 Å². The van der Waals surface area contributed by atoms with Gasteiger partial charge in [0.15, 0.2) is 11.5 Å². The maximum absolute atomic E-state index is 9.61. The van der Waals surface area contributed by atoms with Crippen LogP contribution in [0.2, 0.25) is 0 Å². The molecule has 1 aromatic carbocycles. The number of aromatic hydroxyl groups is 1. The summed E-state index contributed by atoms with van der Waals surface area (Å²) in [6.07, 6.45) is 1.85. The smallest absolute Gasteiger partial charge is 0.160 e. The minimum absolute atomic E-state index is 0.171. The van der Waals surface area contributed by atoms with Crippen molar-refractivity contribution in [1.29, 1.82) is 0 Å². The third-order valence-corrected chi connectivity index (χ3v) is 3.13. The van der Waals surface area contributed by atoms with Crippen LogP contribution in [0.1, 0.15) is 10.4 Å². The van der Waals surface area contributed by atoms with Gasteiger partial charge in [0.1, 0.15) is 0 Å². The molecule has 0 saturated carbocycles. The van der Waals surface area contributed by atoms with Crippen LogP contribution >= 0.6 is 11.3 Å². The summed E-state index contributed by atoms with van der Waals surface area (Å²) in [7, 11) is 1.54. The molecule has 4 nitrogen and oxygen atoms in total. The van der Waals surface area contributed by atoms with Crippen molar-refractivity contribution in [2.75, 3.05) is 7.11 Å². The molecule has 0 amide bonds. The first-order valence-electron chi connectivity index (χ1n) is 5.23. The molecule has 0 saturated heterocycles. The molecule has 1 heterocycles. The van der Waals surface area contributed by atoms with Crippen LogP contribution in [0.4, 0.5) is 0 Å². The van der Waals surface area contributed by atoms with Gasteiger partial charge in [-0.05, 0) is 17.7 Å². The van der Waals surface area contributed by atoms with E-state index >= 15 is 0 Å². The molecule has 0 aliphatic carbocycles. The molecule has 5 heteroatoms. The lowest BCUT2D eigenvalue weighted by atomic mass is 10.2. The number of nitrogens with zero attached hydrogens (tertiary/aromatic N) is 1. The number of hydrogen-bond donors (Lipinski definition) is 2. The van der Waals surface area contributed by atoms with Crippen LogP contribution in [0.3, 0.4) is 0 Å². The molecule has 0 unspecified atom stereocenters. The van der Waals surface area contributed by atoms with Crippen molar-refractivity contribution < 1.29 is 9.84 Å². The Balaban J connectivity index is 1.89. The lowest BCUT2D eigenvalue weighted by molar-refractivity contribution is 0.373. The molecule has 2 aromatic rings. The number of methoxy groups -OCH3 is 1. The van der Waals surface area contributed by atoms with Gasteiger partial charge < -0.3 is 15.2 Å². The standard InChI is InChI=1S/C12H14N2O2S/c1-16-12-3-2-9(4-11(12)15)5-13-6-10-7-14-8-17-10/h2-4,7-8,13,15H,5-6H2,1H3. The molecule has 0 fully saturated rings. The van der Waals surface area contributed by atoms with Gasteiger partial charge in [0.2, 0.25) is 0 Å². The van der Waals surface area contributed by atoms with Gasteiger partial charge in [0, 0.05) is 24.2 Å². The molecule has 0 radical (unpaired) electrons. The number of hydrogen-bond acceptors (Lipinski definition) is 5. The monoisotopic (exact) mass is 250 g/mol. The Hall–Kier alpha value is -1.59. The second kappa shape index (κ2) is 5.65. The molecule has 0 bridgehead atoms. The fourth-order valence-corrected chi connectivity index (χ4v) is 2.07. The Bertz CT molecular complexity index is 471. The van der Waals surface area contributed by atoms with Crippen molar-refractivity contribution in [2.24, 2.45) is 0 Å². The fourth-order valence-electron chi connectivity index (χ4n) is 1.50. The summed E-state index contributed by atoms with van der Waals surface area (Å²) in [5, 5.41) is 12.9. The highest BCUT2D eigenvalue weighted by molar-refractivity contribution is 7.09. The van der Waals surface area contributed by atoms with E-state index in [1.165, 1.54) is 12.0 Å². The van der Waals surface area contributed by atoms with Gasteiger partial charge >= 0.3 is 0 Å². The van der Waals surface area contributed by atoms with E-state index in [4.69, 9.17) is 4.74 Å². The van der Waals surface area contributed by atoms with E-state index in [0.717, 1.165) is 12.1 Å². The van der Waals surface area contributed by atoms with Gasteiger partial charge in [-0.3, -0.25) is 4.98 Å². The summed E-state index contributed by atoms with van der Waals surface area (Å²) >= 11 is 1.62. The topological polar surface area (TPSA) is 54.4 Å². The largest absolute Gasteiger partial charge is 0.504 e. The van der Waals surface area contributed by atoms with Crippen LogP contribution < -0.4 is 10.1 Å². The molecule has 2 rings (SSSR count). The Morgan fingerprint density at radius 2 is 2.29 bits per heavy atom. The number of benzene rings is 1. The lowest BCUT2D eigenvalue weighted by Crippen LogP contribution is -2.11. The highest BCUT2D eigenvalue weighted by Crippen LogP contribution is 2.26. The summed E-state index contributed by atoms with van der Waals surface area (Å²) in [6.45, 7) is 1.49. The Morgan fingerprint density at radius 3 is 2.94 bits per heavy atom. The number of aromatic nitrogens is 1. The molecule has 0 atom stereocenters. The quantitative estimate of drug-likeness (QED) is 0.853. The van der Waals surface area contributed by atoms with Crippen LogP contribution in [0.5, 0.6) is 11.5 Å². The SMILES string of the molecule is COc1ccc(CNCc2cncs2)cc1O. The predicted molar refractivity (Wildman–Crippen MR) is 67.3 cm³/mol. The van der Waals surface area contributed by atoms with E-state index in [1.54, 1.807) is 23.5 Å². The number of phenols is 1. The van der Waals surface area contributed by atoms with Gasteiger partial charge in [0.05, 0.1) is 12.6 Å². The van der Waals surface area contributed by atoms with Gasteiger partial charge in [-0.2, -0.15) is 0 Å². The third kappa shape index (κ3) is 3.18. The van der Waals surface area contributed by atoms with Gasteiger partial charge in [-0.1, -0.05) is 6.07 Å². The van der Waals surface area contributed by atoms with Crippen molar-refractivity contribution in [3.63, 3.8) is 0 Å². The van der Waals surface area contributed by atoms with Gasteiger partial charge in [-0.15, -0.1) is 11.3 Å². The second-order valence-corrected chi connectivity index (χ2v) is 4.55. The van der Waals surface area contributed by atoms with Crippen LogP contribution in [0.25, 0.3) is 0 Å². The third-order valence-electron chi connectivity index (χ3n) is 2.36. The van der Waals surface area contributed by atoms with Crippen LogP contribution in [-0.4, -0.2) is 17.2 Å². The molecular formula is C12H14N2O2S. The lowest BCUT2D eigenvalue weighted by Gasteiger charge is -2.07. The molecule has 90 valence electrons. The molecular weight excluding hydrogens is 236 g/mol. The predicted octanol–water partition coefficient (Wildman–Crippen LogP) is 2.15. The number of rotatable bonds is 5. The Morgan fingerprint density at radius 1 is 1.41 bits per heavy atom. The minimum atomic E-state index is 0.171. The summed E-state index contributed by atoms with van der Waals surface area (Å²) < 4.78 is 4.99. The average molecular weight is 250 g/mol. The van der Waals surface area contributed by atoms with E-state index in [2.05, 4.69) is 10.3 Å². The van der Waals surface area contributed by atoms with Crippen LogP contribution in [0.15, 0.2) is 29.9 Å². The maximum Gasteiger partial charge on any atom is 0.160 e. The molecule has 0 spiro atoms. The molecule has 0 aliphatic rings. The maximum atomic E-state index is 9.61. The van der Waals surface area contributed by atoms with Crippen molar-refractivity contribution in [3.05, 3.63) is 40.3 Å². The molecule has 2 N–H and O–H groups in total. The van der Waals surface area contributed by atoms with E-state index in [1.807, 2.05) is 17.8 Å². The summed E-state index contributed by atoms with van der Waals surface area (Å²) in [6, 6.07) is 5.40. The van der Waals surface area contributed by atoms with E-state index < -0.39 is 0 Å². The van der Waals surface area contributed by atoms with E-state index in [-0.39, 0.29) is 5.75 Å². The Kier molecular flexibility index (Phi) is 3.95. The number of thiazole rings is 1. The van der Waals surface area contributed by atoms with Crippen LogP contribution in [0, 0.1) is 0 Å². The highest BCUT2D eigenvalue weighted by atomic mass is 32.1. The molecule has 1 aromatic heterocycles. The van der Waals surface area contributed by atoms with Crippen molar-refractivity contribution in [1.82, 2.24) is 10.3 Å². The van der Waals surface area contributed by atoms with E-state index in [9.17, 15) is 5.11 Å². The van der Waals surface area contributed by atoms with Crippen molar-refractivity contribution in [3.8, 4) is 11.5 Å². The number of ether oxygens (including phenoxy) is 1. The van der Waals surface area contributed by atoms with Crippen LogP contribution in [-0.2, 0) is 13.1 Å². The highest BCUT2D eigenvalue weighted by Gasteiger charge is 2.02. The zero-order chi connectivity index (χ0) is 12.1. The number of nitrogens with one attached hydrogen (secondary N) is 1. The zero-order valence-corrected chi connectivity index (χ0v) is 10.3. The summed E-state index contributed by atoms with van der Waals surface area (Å²) in [5.41, 5.74) is 2.84. The van der Waals surface area contributed by atoms with E-state index in [0.29, 0.717) is 12.3 Å². The number of phenolic OH excluding ortho intramolecular Hbond substituents is 1. The van der Waals surface area contributed by atoms with Crippen molar-refractivity contribution >= 4 is 11.3 Å². The first-order chi connectivity index (χ1) is 8.29. The fraction of sp³-hybridized carbons (Fsp3) is 0.250. The first kappa shape index (κ1) is 11.9. The van der Waals surface area contributed by atoms with Gasteiger partial charge in [-0.25, -0.2) is 0 Å². The summed E-state index contributed by atoms with van der Waals surface area (Å²) in [4.78, 5) is 5.20. The molecule has 17 heavy (non-hydrogen) atoms. The Labute approximate surface area is 104 Å². The first-order valence-corrected chi connectivity index (χ1v) is 6.11. The zero-order valence-electron chi connectivity index (χ0n) is 9.51. The average Bonchev–Trinajstić information content (AvgIpc) is 2.82. The summed E-state index contributed by atoms with van der Waals surface area (Å²) in [5.74, 6) is 0.667. The molecule has 0 aliphatic heterocycles. The second-order valence-electron chi connectivity index (χ2n) is 3.58. The minimum Gasteiger partial charge on any atom is -0.504 e. The normalized spacial score (nSPS) is 10.4. The van der Waals surface area contributed by atoms with Gasteiger partial charge in [0.25, 0.3) is 0 Å².